The number of carboxylic acid groups (broad SMARTS) is 1. The van der Waals surface area contributed by atoms with E-state index < -0.39 is 17.9 Å². The lowest BCUT2D eigenvalue weighted by Gasteiger charge is -2.27. The molecule has 2 unspecified atom stereocenters. The minimum Gasteiger partial charge on any atom is -0.481 e. The summed E-state index contributed by atoms with van der Waals surface area (Å²) in [4.78, 5) is 25.1. The van der Waals surface area contributed by atoms with Gasteiger partial charge in [0.05, 0.1) is 18.6 Å². The molecule has 0 saturated carbocycles. The summed E-state index contributed by atoms with van der Waals surface area (Å²) in [5.74, 6) is -1.80. The molecule has 1 aromatic carbocycles. The van der Waals surface area contributed by atoms with Crippen molar-refractivity contribution in [1.82, 2.24) is 4.90 Å². The Morgan fingerprint density at radius 3 is 2.90 bits per heavy atom. The van der Waals surface area contributed by atoms with Gasteiger partial charge in [-0.1, -0.05) is 28.1 Å². The van der Waals surface area contributed by atoms with Crippen LogP contribution in [0.15, 0.2) is 28.7 Å². The molecule has 1 aliphatic rings. The molecule has 1 aliphatic heterocycles. The summed E-state index contributed by atoms with van der Waals surface area (Å²) in [6.07, 6.45) is 0.0379. The quantitative estimate of drug-likeness (QED) is 0.890. The minimum absolute atomic E-state index is 0.0379. The van der Waals surface area contributed by atoms with Crippen molar-refractivity contribution in [2.24, 2.45) is 5.92 Å². The SMILES string of the molecule is COCCN1C(=O)CC(C(=O)O)C1c1cccc(Br)c1. The van der Waals surface area contributed by atoms with Crippen LogP contribution in [0.2, 0.25) is 0 Å². The summed E-state index contributed by atoms with van der Waals surface area (Å²) in [5, 5.41) is 9.35. The first-order valence-electron chi connectivity index (χ1n) is 6.31. The molecule has 1 amide bonds. The monoisotopic (exact) mass is 341 g/mol. The number of halogens is 1. The van der Waals surface area contributed by atoms with Crippen LogP contribution in [0.1, 0.15) is 18.0 Å². The molecule has 0 radical (unpaired) electrons. The lowest BCUT2D eigenvalue weighted by Crippen LogP contribution is -2.33. The highest BCUT2D eigenvalue weighted by Crippen LogP contribution is 2.38. The van der Waals surface area contributed by atoms with Gasteiger partial charge in [-0.2, -0.15) is 0 Å². The summed E-state index contributed by atoms with van der Waals surface area (Å²) in [7, 11) is 1.56. The van der Waals surface area contributed by atoms with Crippen LogP contribution in [0.3, 0.4) is 0 Å². The number of carbonyl (C=O) groups excluding carboxylic acids is 1. The molecule has 1 fully saturated rings. The van der Waals surface area contributed by atoms with E-state index >= 15 is 0 Å². The third kappa shape index (κ3) is 3.02. The van der Waals surface area contributed by atoms with Gasteiger partial charge in [0.2, 0.25) is 5.91 Å². The number of aliphatic carboxylic acids is 1. The molecule has 0 spiro atoms. The van der Waals surface area contributed by atoms with Crippen LogP contribution in [0, 0.1) is 5.92 Å². The van der Waals surface area contributed by atoms with Crippen LogP contribution in [0.5, 0.6) is 0 Å². The van der Waals surface area contributed by atoms with Gasteiger partial charge >= 0.3 is 5.97 Å². The number of ether oxygens (including phenoxy) is 1. The first kappa shape index (κ1) is 15.0. The Hall–Kier alpha value is -1.40. The Balaban J connectivity index is 2.35. The van der Waals surface area contributed by atoms with Gasteiger partial charge in [-0.25, -0.2) is 0 Å². The van der Waals surface area contributed by atoms with E-state index in [0.717, 1.165) is 10.0 Å². The fourth-order valence-electron chi connectivity index (χ4n) is 2.57. The zero-order valence-electron chi connectivity index (χ0n) is 11.1. The van der Waals surface area contributed by atoms with E-state index in [2.05, 4.69) is 15.9 Å². The Morgan fingerprint density at radius 2 is 2.30 bits per heavy atom. The predicted molar refractivity (Wildman–Crippen MR) is 76.2 cm³/mol. The molecular formula is C14H16BrNO4. The number of benzene rings is 1. The van der Waals surface area contributed by atoms with Gasteiger partial charge in [-0.15, -0.1) is 0 Å². The summed E-state index contributed by atoms with van der Waals surface area (Å²) in [5.41, 5.74) is 0.828. The molecule has 20 heavy (non-hydrogen) atoms. The summed E-state index contributed by atoms with van der Waals surface area (Å²) in [6, 6.07) is 6.99. The zero-order valence-corrected chi connectivity index (χ0v) is 12.7. The minimum atomic E-state index is -0.941. The molecule has 1 aromatic rings. The largest absolute Gasteiger partial charge is 0.481 e. The van der Waals surface area contributed by atoms with E-state index in [9.17, 15) is 14.7 Å². The number of hydrogen-bond donors (Lipinski definition) is 1. The highest BCUT2D eigenvalue weighted by atomic mass is 79.9. The fourth-order valence-corrected chi connectivity index (χ4v) is 2.98. The zero-order chi connectivity index (χ0) is 14.7. The van der Waals surface area contributed by atoms with Gasteiger partial charge < -0.3 is 14.7 Å². The van der Waals surface area contributed by atoms with Crippen LogP contribution < -0.4 is 0 Å². The maximum absolute atomic E-state index is 12.1. The molecule has 2 rings (SSSR count). The molecule has 0 bridgehead atoms. The first-order chi connectivity index (χ1) is 9.54. The lowest BCUT2D eigenvalue weighted by molar-refractivity contribution is -0.142. The topological polar surface area (TPSA) is 66.8 Å². The number of amides is 1. The van der Waals surface area contributed by atoms with Crippen LogP contribution >= 0.6 is 15.9 Å². The highest BCUT2D eigenvalue weighted by molar-refractivity contribution is 9.10. The van der Waals surface area contributed by atoms with E-state index in [4.69, 9.17) is 4.74 Å². The van der Waals surface area contributed by atoms with Gasteiger partial charge in [0.15, 0.2) is 0 Å². The number of nitrogens with zero attached hydrogens (tertiary/aromatic N) is 1. The lowest BCUT2D eigenvalue weighted by atomic mass is 9.94. The van der Waals surface area contributed by atoms with Crippen molar-refractivity contribution in [2.45, 2.75) is 12.5 Å². The molecule has 6 heteroatoms. The van der Waals surface area contributed by atoms with E-state index in [1.807, 2.05) is 24.3 Å². The van der Waals surface area contributed by atoms with Crippen molar-refractivity contribution in [1.29, 1.82) is 0 Å². The molecule has 5 nitrogen and oxygen atoms in total. The van der Waals surface area contributed by atoms with Crippen LogP contribution in [-0.2, 0) is 14.3 Å². The van der Waals surface area contributed by atoms with E-state index in [1.165, 1.54) is 0 Å². The highest BCUT2D eigenvalue weighted by Gasteiger charge is 2.44. The number of carbonyl (C=O) groups is 2. The summed E-state index contributed by atoms with van der Waals surface area (Å²) < 4.78 is 5.87. The number of hydrogen-bond acceptors (Lipinski definition) is 3. The van der Waals surface area contributed by atoms with Gasteiger partial charge in [0.25, 0.3) is 0 Å². The molecule has 2 atom stereocenters. The van der Waals surface area contributed by atoms with Crippen molar-refractivity contribution in [2.75, 3.05) is 20.3 Å². The smallest absolute Gasteiger partial charge is 0.309 e. The van der Waals surface area contributed by atoms with Gasteiger partial charge in [-0.3, -0.25) is 9.59 Å². The fraction of sp³-hybridized carbons (Fsp3) is 0.429. The van der Waals surface area contributed by atoms with Gasteiger partial charge in [-0.05, 0) is 17.7 Å². The third-order valence-electron chi connectivity index (χ3n) is 3.48. The molecule has 1 saturated heterocycles. The van der Waals surface area contributed by atoms with Gasteiger partial charge in [0, 0.05) is 24.5 Å². The van der Waals surface area contributed by atoms with E-state index in [1.54, 1.807) is 12.0 Å². The Morgan fingerprint density at radius 1 is 1.55 bits per heavy atom. The normalized spacial score (nSPS) is 22.3. The molecular weight excluding hydrogens is 326 g/mol. The van der Waals surface area contributed by atoms with Crippen molar-refractivity contribution in [3.63, 3.8) is 0 Å². The first-order valence-corrected chi connectivity index (χ1v) is 7.10. The maximum atomic E-state index is 12.1. The number of likely N-dealkylation sites (tertiary alicyclic amines) is 1. The Kier molecular flexibility index (Phi) is 4.77. The standard InChI is InChI=1S/C14H16BrNO4/c1-20-6-5-16-12(17)8-11(14(18)19)13(16)9-3-2-4-10(15)7-9/h2-4,7,11,13H,5-6,8H2,1H3,(H,18,19). The second-order valence-electron chi connectivity index (χ2n) is 4.73. The van der Waals surface area contributed by atoms with E-state index in [-0.39, 0.29) is 12.3 Å². The maximum Gasteiger partial charge on any atom is 0.309 e. The third-order valence-corrected chi connectivity index (χ3v) is 3.97. The summed E-state index contributed by atoms with van der Waals surface area (Å²) >= 11 is 3.38. The molecule has 1 heterocycles. The molecule has 1 N–H and O–H groups in total. The second-order valence-corrected chi connectivity index (χ2v) is 5.64. The molecule has 108 valence electrons. The average molecular weight is 342 g/mol. The van der Waals surface area contributed by atoms with E-state index in [0.29, 0.717) is 13.2 Å². The Labute approximate surface area is 125 Å². The average Bonchev–Trinajstić information content (AvgIpc) is 2.73. The predicted octanol–water partition coefficient (Wildman–Crippen LogP) is 2.07. The Bertz CT molecular complexity index is 520. The van der Waals surface area contributed by atoms with Crippen LogP contribution in [0.25, 0.3) is 0 Å². The number of methoxy groups -OCH3 is 1. The van der Waals surface area contributed by atoms with Crippen LogP contribution in [0.4, 0.5) is 0 Å². The van der Waals surface area contributed by atoms with Crippen molar-refractivity contribution < 1.29 is 19.4 Å². The summed E-state index contributed by atoms with van der Waals surface area (Å²) in [6.45, 7) is 0.791. The molecule has 0 aromatic heterocycles. The van der Waals surface area contributed by atoms with Crippen LogP contribution in [-0.4, -0.2) is 42.1 Å². The van der Waals surface area contributed by atoms with Crippen molar-refractivity contribution in [3.05, 3.63) is 34.3 Å². The van der Waals surface area contributed by atoms with Gasteiger partial charge in [0.1, 0.15) is 0 Å². The van der Waals surface area contributed by atoms with Crippen molar-refractivity contribution >= 4 is 27.8 Å². The number of carboxylic acids is 1. The molecule has 0 aliphatic carbocycles. The second kappa shape index (κ2) is 6.37. The van der Waals surface area contributed by atoms with Crippen molar-refractivity contribution in [3.8, 4) is 0 Å². The number of rotatable bonds is 5.